The lowest BCUT2D eigenvalue weighted by atomic mass is 9.97. The molecule has 1 aromatic carbocycles. The predicted octanol–water partition coefficient (Wildman–Crippen LogP) is 2.99. The molecular weight excluding hydrogens is 239 g/mol. The van der Waals surface area contributed by atoms with Gasteiger partial charge in [0.25, 0.3) is 0 Å². The molecule has 1 saturated heterocycles. The molecule has 1 heterocycles. The lowest BCUT2D eigenvalue weighted by Crippen LogP contribution is -2.28. The predicted molar refractivity (Wildman–Crippen MR) is 65.1 cm³/mol. The summed E-state index contributed by atoms with van der Waals surface area (Å²) < 4.78 is 16.2. The van der Waals surface area contributed by atoms with Crippen molar-refractivity contribution in [3.05, 3.63) is 35.9 Å². The molecule has 0 amide bonds. The second-order valence-corrected chi connectivity index (χ2v) is 5.98. The van der Waals surface area contributed by atoms with Crippen molar-refractivity contribution in [3.63, 3.8) is 0 Å². The zero-order chi connectivity index (χ0) is 12.3. The van der Waals surface area contributed by atoms with Gasteiger partial charge in [-0.2, -0.15) is 0 Å². The fourth-order valence-corrected chi connectivity index (χ4v) is 2.75. The van der Waals surface area contributed by atoms with Crippen LogP contribution in [0.1, 0.15) is 25.7 Å². The van der Waals surface area contributed by atoms with Crippen LogP contribution in [0.2, 0.25) is 0 Å². The first-order valence-corrected chi connectivity index (χ1v) is 6.62. The summed E-state index contributed by atoms with van der Waals surface area (Å²) in [7, 11) is -1.44. The lowest BCUT2D eigenvalue weighted by Gasteiger charge is -2.33. The number of hydrogen-bond acceptors (Lipinski definition) is 4. The van der Waals surface area contributed by atoms with Crippen molar-refractivity contribution in [1.29, 1.82) is 0 Å². The van der Waals surface area contributed by atoms with Crippen LogP contribution in [-0.4, -0.2) is 18.3 Å². The summed E-state index contributed by atoms with van der Waals surface area (Å²) in [5.74, 6) is 0. The van der Waals surface area contributed by atoms with E-state index in [1.54, 1.807) is 12.1 Å². The Kier molecular flexibility index (Phi) is 4.13. The standard InChI is InChI=1S/C12H17O4P/c1-12(2)8-14-17(15-9-12)16-11(13)10-6-4-3-5-7-10/h3-7,11,13H,8-9H2,1-2H3. The smallest absolute Gasteiger partial charge is 0.335 e. The molecular formula is C12H17O4P. The molecule has 0 saturated carbocycles. The summed E-state index contributed by atoms with van der Waals surface area (Å²) in [6, 6.07) is 9.18. The zero-order valence-electron chi connectivity index (χ0n) is 10.00. The van der Waals surface area contributed by atoms with Crippen molar-refractivity contribution >= 4 is 8.60 Å². The molecule has 1 atom stereocenters. The van der Waals surface area contributed by atoms with E-state index in [0.717, 1.165) is 0 Å². The van der Waals surface area contributed by atoms with Crippen molar-refractivity contribution in [3.8, 4) is 0 Å². The van der Waals surface area contributed by atoms with Gasteiger partial charge in [-0.15, -0.1) is 0 Å². The monoisotopic (exact) mass is 256 g/mol. The fourth-order valence-electron chi connectivity index (χ4n) is 1.35. The molecule has 0 radical (unpaired) electrons. The molecule has 2 rings (SSSR count). The normalized spacial score (nSPS) is 22.3. The molecule has 0 aliphatic carbocycles. The highest BCUT2D eigenvalue weighted by atomic mass is 31.2. The number of aliphatic hydroxyl groups excluding tert-OH is 1. The van der Waals surface area contributed by atoms with Crippen molar-refractivity contribution in [2.24, 2.45) is 5.41 Å². The van der Waals surface area contributed by atoms with E-state index in [2.05, 4.69) is 13.8 Å². The molecule has 1 N–H and O–H groups in total. The first kappa shape index (κ1) is 12.9. The lowest BCUT2D eigenvalue weighted by molar-refractivity contribution is -0.0587. The first-order chi connectivity index (χ1) is 8.07. The number of hydrogen-bond donors (Lipinski definition) is 1. The van der Waals surface area contributed by atoms with Gasteiger partial charge in [0, 0.05) is 11.0 Å². The molecule has 1 fully saturated rings. The summed E-state index contributed by atoms with van der Waals surface area (Å²) in [4.78, 5) is 0. The third-order valence-corrected chi connectivity index (χ3v) is 3.44. The van der Waals surface area contributed by atoms with Crippen molar-refractivity contribution in [2.45, 2.75) is 20.1 Å². The van der Waals surface area contributed by atoms with E-state index in [1.165, 1.54) is 0 Å². The van der Waals surface area contributed by atoms with Gasteiger partial charge in [0.05, 0.1) is 13.2 Å². The Balaban J connectivity index is 1.86. The molecule has 1 aliphatic heterocycles. The van der Waals surface area contributed by atoms with Gasteiger partial charge in [-0.1, -0.05) is 44.2 Å². The van der Waals surface area contributed by atoms with E-state index in [-0.39, 0.29) is 5.41 Å². The second-order valence-electron chi connectivity index (χ2n) is 4.80. The summed E-state index contributed by atoms with van der Waals surface area (Å²) in [6.07, 6.45) is -0.997. The van der Waals surface area contributed by atoms with Crippen molar-refractivity contribution < 1.29 is 18.7 Å². The molecule has 0 aromatic heterocycles. The summed E-state index contributed by atoms with van der Waals surface area (Å²) in [5.41, 5.74) is 0.715. The molecule has 94 valence electrons. The van der Waals surface area contributed by atoms with Gasteiger partial charge < -0.3 is 14.2 Å². The quantitative estimate of drug-likeness (QED) is 0.667. The maximum absolute atomic E-state index is 9.84. The van der Waals surface area contributed by atoms with Crippen LogP contribution < -0.4 is 0 Å². The van der Waals surface area contributed by atoms with Crippen LogP contribution in [0.5, 0.6) is 0 Å². The SMILES string of the molecule is CC1(C)COP(OC(O)c2ccccc2)OC1. The minimum absolute atomic E-state index is 0.0138. The third-order valence-electron chi connectivity index (χ3n) is 2.39. The van der Waals surface area contributed by atoms with E-state index in [0.29, 0.717) is 18.8 Å². The van der Waals surface area contributed by atoms with E-state index >= 15 is 0 Å². The molecule has 1 aromatic rings. The Bertz CT molecular complexity index is 345. The highest BCUT2D eigenvalue weighted by Crippen LogP contribution is 2.49. The van der Waals surface area contributed by atoms with Crippen LogP contribution in [0.4, 0.5) is 0 Å². The fraction of sp³-hybridized carbons (Fsp3) is 0.500. The minimum Gasteiger partial charge on any atom is -0.364 e. The van der Waals surface area contributed by atoms with E-state index < -0.39 is 14.9 Å². The molecule has 0 spiro atoms. The summed E-state index contributed by atoms with van der Waals surface area (Å²) >= 11 is 0. The number of benzene rings is 1. The van der Waals surface area contributed by atoms with Crippen molar-refractivity contribution in [2.75, 3.05) is 13.2 Å². The topological polar surface area (TPSA) is 47.9 Å². The summed E-state index contributed by atoms with van der Waals surface area (Å²) in [6.45, 7) is 5.29. The molecule has 0 bridgehead atoms. The van der Waals surface area contributed by atoms with Gasteiger partial charge in [0.2, 0.25) is 0 Å². The van der Waals surface area contributed by atoms with E-state index in [9.17, 15) is 5.11 Å². The average molecular weight is 256 g/mol. The summed E-state index contributed by atoms with van der Waals surface area (Å²) in [5, 5.41) is 9.84. The highest BCUT2D eigenvalue weighted by molar-refractivity contribution is 7.41. The van der Waals surface area contributed by atoms with E-state index in [1.807, 2.05) is 18.2 Å². The van der Waals surface area contributed by atoms with Crippen LogP contribution in [0.25, 0.3) is 0 Å². The second kappa shape index (κ2) is 5.42. The Labute approximate surface area is 103 Å². The van der Waals surface area contributed by atoms with Crippen LogP contribution in [0, 0.1) is 5.41 Å². The van der Waals surface area contributed by atoms with Crippen molar-refractivity contribution in [1.82, 2.24) is 0 Å². The zero-order valence-corrected chi connectivity index (χ0v) is 10.9. The third kappa shape index (κ3) is 3.73. The number of rotatable bonds is 3. The van der Waals surface area contributed by atoms with Crippen LogP contribution in [-0.2, 0) is 13.6 Å². The Morgan fingerprint density at radius 2 is 1.82 bits per heavy atom. The molecule has 4 nitrogen and oxygen atoms in total. The van der Waals surface area contributed by atoms with Gasteiger partial charge in [0.15, 0.2) is 6.29 Å². The Morgan fingerprint density at radius 1 is 1.24 bits per heavy atom. The molecule has 1 unspecified atom stereocenters. The van der Waals surface area contributed by atoms with Gasteiger partial charge in [-0.3, -0.25) is 4.52 Å². The van der Waals surface area contributed by atoms with Crippen LogP contribution in [0.15, 0.2) is 30.3 Å². The van der Waals surface area contributed by atoms with E-state index in [4.69, 9.17) is 13.6 Å². The van der Waals surface area contributed by atoms with Gasteiger partial charge in [-0.25, -0.2) is 0 Å². The molecule has 5 heteroatoms. The van der Waals surface area contributed by atoms with Gasteiger partial charge in [0.1, 0.15) is 0 Å². The largest absolute Gasteiger partial charge is 0.364 e. The number of aliphatic hydroxyl groups is 1. The Hall–Kier alpha value is -0.510. The van der Waals surface area contributed by atoms with Gasteiger partial charge in [-0.05, 0) is 0 Å². The highest BCUT2D eigenvalue weighted by Gasteiger charge is 2.31. The van der Waals surface area contributed by atoms with Crippen LogP contribution >= 0.6 is 8.60 Å². The Morgan fingerprint density at radius 3 is 2.41 bits per heavy atom. The maximum atomic E-state index is 9.84. The van der Waals surface area contributed by atoms with Gasteiger partial charge >= 0.3 is 8.60 Å². The molecule has 17 heavy (non-hydrogen) atoms. The first-order valence-electron chi connectivity index (χ1n) is 5.53. The van der Waals surface area contributed by atoms with Crippen LogP contribution in [0.3, 0.4) is 0 Å². The molecule has 1 aliphatic rings. The minimum atomic E-state index is -1.44. The average Bonchev–Trinajstić information content (AvgIpc) is 2.33. The maximum Gasteiger partial charge on any atom is 0.335 e.